The topological polar surface area (TPSA) is 70.7 Å². The second-order valence-electron chi connectivity index (χ2n) is 3.57. The summed E-state index contributed by atoms with van der Waals surface area (Å²) in [7, 11) is 0. The van der Waals surface area contributed by atoms with E-state index >= 15 is 0 Å². The number of hydrogen-bond acceptors (Lipinski definition) is 3. The van der Waals surface area contributed by atoms with Crippen LogP contribution in [0.25, 0.3) is 0 Å². The number of hydrogen-bond donors (Lipinski definition) is 2. The van der Waals surface area contributed by atoms with Crippen LogP contribution in [-0.4, -0.2) is 30.0 Å². The molecule has 5 nitrogen and oxygen atoms in total. The van der Waals surface area contributed by atoms with Crippen LogP contribution >= 0.6 is 34.8 Å². The monoisotopic (exact) mass is 306 g/mol. The van der Waals surface area contributed by atoms with Crippen LogP contribution in [0.5, 0.6) is 0 Å². The summed E-state index contributed by atoms with van der Waals surface area (Å²) in [5.74, 6) is 0.175. The number of benzene rings is 1. The van der Waals surface area contributed by atoms with Gasteiger partial charge in [-0.05, 0) is 12.1 Å². The number of halogens is 3. The second-order valence-corrected chi connectivity index (χ2v) is 4.82. The minimum atomic E-state index is -0.431. The Morgan fingerprint density at radius 3 is 2.44 bits per heavy atom. The molecule has 0 spiro atoms. The smallest absolute Gasteiger partial charge is 0.328 e. The number of carbonyl (C=O) groups is 1. The van der Waals surface area contributed by atoms with E-state index in [1.807, 2.05) is 0 Å². The molecule has 1 aromatic rings. The lowest BCUT2D eigenvalue weighted by molar-refractivity contribution is 0.236. The molecule has 96 valence electrons. The van der Waals surface area contributed by atoms with Crippen molar-refractivity contribution < 1.29 is 4.79 Å². The van der Waals surface area contributed by atoms with Crippen LogP contribution in [0.1, 0.15) is 0 Å². The Morgan fingerprint density at radius 2 is 1.94 bits per heavy atom. The normalized spacial score (nSPS) is 14.6. The number of nitrogens with zero attached hydrogens (tertiary/aromatic N) is 2. The summed E-state index contributed by atoms with van der Waals surface area (Å²) in [4.78, 5) is 17.1. The molecule has 0 radical (unpaired) electrons. The first-order valence-corrected chi connectivity index (χ1v) is 6.15. The zero-order chi connectivity index (χ0) is 13.3. The molecule has 0 fully saturated rings. The van der Waals surface area contributed by atoms with Gasteiger partial charge in [-0.1, -0.05) is 34.8 Å². The van der Waals surface area contributed by atoms with Crippen molar-refractivity contribution in [3.63, 3.8) is 0 Å². The molecule has 0 aliphatic carbocycles. The van der Waals surface area contributed by atoms with Crippen LogP contribution in [0.15, 0.2) is 17.1 Å². The summed E-state index contributed by atoms with van der Waals surface area (Å²) >= 11 is 17.7. The molecule has 18 heavy (non-hydrogen) atoms. The van der Waals surface area contributed by atoms with Crippen molar-refractivity contribution >= 4 is 52.5 Å². The Balaban J connectivity index is 2.20. The third kappa shape index (κ3) is 2.63. The maximum Gasteiger partial charge on any atom is 0.328 e. The van der Waals surface area contributed by atoms with Crippen molar-refractivity contribution in [2.75, 3.05) is 18.4 Å². The van der Waals surface area contributed by atoms with Gasteiger partial charge in [-0.3, -0.25) is 9.89 Å². The molecule has 0 atom stereocenters. The van der Waals surface area contributed by atoms with Gasteiger partial charge in [-0.2, -0.15) is 0 Å². The van der Waals surface area contributed by atoms with Crippen LogP contribution < -0.4 is 11.1 Å². The molecule has 0 saturated carbocycles. The molecule has 1 heterocycles. The van der Waals surface area contributed by atoms with E-state index in [2.05, 4.69) is 10.3 Å². The molecule has 0 bridgehead atoms. The molecule has 3 N–H and O–H groups in total. The minimum absolute atomic E-state index is 0.175. The molecule has 0 saturated heterocycles. The number of guanidine groups is 1. The Bertz CT molecular complexity index is 509. The Labute approximate surface area is 119 Å². The van der Waals surface area contributed by atoms with Crippen molar-refractivity contribution in [2.24, 2.45) is 10.7 Å². The highest BCUT2D eigenvalue weighted by molar-refractivity contribution is 6.42. The van der Waals surface area contributed by atoms with Crippen LogP contribution in [0.4, 0.5) is 10.5 Å². The molecular formula is C10H9Cl3N4O. The maximum absolute atomic E-state index is 11.9. The fraction of sp³-hybridized carbons (Fsp3) is 0.200. The lowest BCUT2D eigenvalue weighted by Gasteiger charge is -2.17. The van der Waals surface area contributed by atoms with E-state index in [-0.39, 0.29) is 16.0 Å². The van der Waals surface area contributed by atoms with E-state index < -0.39 is 6.03 Å². The van der Waals surface area contributed by atoms with Crippen molar-refractivity contribution in [1.82, 2.24) is 4.90 Å². The molecule has 0 aromatic heterocycles. The van der Waals surface area contributed by atoms with Crippen LogP contribution in [0.2, 0.25) is 15.1 Å². The minimum Gasteiger partial charge on any atom is -0.369 e. The Morgan fingerprint density at radius 1 is 1.33 bits per heavy atom. The number of nitrogens with one attached hydrogen (secondary N) is 1. The quantitative estimate of drug-likeness (QED) is 0.837. The lowest BCUT2D eigenvalue weighted by Crippen LogP contribution is -2.41. The van der Waals surface area contributed by atoms with Gasteiger partial charge in [0.05, 0.1) is 28.8 Å². The summed E-state index contributed by atoms with van der Waals surface area (Å²) in [6.07, 6.45) is 0. The average molecular weight is 308 g/mol. The van der Waals surface area contributed by atoms with Crippen LogP contribution in [0.3, 0.4) is 0 Å². The first kappa shape index (κ1) is 13.3. The Hall–Kier alpha value is -1.17. The summed E-state index contributed by atoms with van der Waals surface area (Å²) in [6, 6.07) is 2.55. The molecule has 1 aliphatic rings. The lowest BCUT2D eigenvalue weighted by atomic mass is 10.3. The fourth-order valence-electron chi connectivity index (χ4n) is 1.51. The first-order chi connectivity index (χ1) is 8.49. The molecular weight excluding hydrogens is 298 g/mol. The van der Waals surface area contributed by atoms with Crippen molar-refractivity contribution in [1.29, 1.82) is 0 Å². The number of carbonyl (C=O) groups excluding carboxylic acids is 1. The van der Waals surface area contributed by atoms with Crippen molar-refractivity contribution in [3.05, 3.63) is 27.2 Å². The second kappa shape index (κ2) is 5.22. The first-order valence-electron chi connectivity index (χ1n) is 5.02. The highest BCUT2D eigenvalue weighted by atomic mass is 35.5. The maximum atomic E-state index is 11.9. The largest absolute Gasteiger partial charge is 0.369 e. The van der Waals surface area contributed by atoms with Gasteiger partial charge in [0.2, 0.25) is 0 Å². The zero-order valence-electron chi connectivity index (χ0n) is 9.08. The molecule has 2 rings (SSSR count). The standard InChI is InChI=1S/C10H9Cl3N4O/c11-5-3-6(12)8(7(13)4-5)16-10(18)17-2-1-15-9(17)14/h3-4H,1-2H2,(H2,14,15)(H,16,18). The number of anilines is 1. The van der Waals surface area contributed by atoms with Gasteiger partial charge < -0.3 is 11.1 Å². The van der Waals surface area contributed by atoms with Gasteiger partial charge in [-0.25, -0.2) is 4.79 Å². The molecule has 0 unspecified atom stereocenters. The number of rotatable bonds is 1. The van der Waals surface area contributed by atoms with E-state index in [0.29, 0.717) is 23.8 Å². The predicted molar refractivity (Wildman–Crippen MR) is 73.7 cm³/mol. The van der Waals surface area contributed by atoms with Gasteiger partial charge >= 0.3 is 6.03 Å². The van der Waals surface area contributed by atoms with E-state index in [9.17, 15) is 4.79 Å². The van der Waals surface area contributed by atoms with E-state index in [4.69, 9.17) is 40.5 Å². The highest BCUT2D eigenvalue weighted by Crippen LogP contribution is 2.33. The average Bonchev–Trinajstić information content (AvgIpc) is 2.69. The number of urea groups is 1. The summed E-state index contributed by atoms with van der Waals surface area (Å²) < 4.78 is 0. The highest BCUT2D eigenvalue weighted by Gasteiger charge is 2.22. The van der Waals surface area contributed by atoms with Gasteiger partial charge in [0.1, 0.15) is 0 Å². The third-order valence-electron chi connectivity index (χ3n) is 2.36. The summed E-state index contributed by atoms with van der Waals surface area (Å²) in [6.45, 7) is 0.918. The van der Waals surface area contributed by atoms with Crippen LogP contribution in [0, 0.1) is 0 Å². The third-order valence-corrected chi connectivity index (χ3v) is 3.17. The number of amides is 2. The van der Waals surface area contributed by atoms with Crippen molar-refractivity contribution in [3.8, 4) is 0 Å². The summed E-state index contributed by atoms with van der Waals surface area (Å²) in [5.41, 5.74) is 5.86. The zero-order valence-corrected chi connectivity index (χ0v) is 11.4. The number of aliphatic imine (C=N–C) groups is 1. The van der Waals surface area contributed by atoms with Gasteiger partial charge in [-0.15, -0.1) is 0 Å². The van der Waals surface area contributed by atoms with Gasteiger partial charge in [0, 0.05) is 5.02 Å². The predicted octanol–water partition coefficient (Wildman–Crippen LogP) is 2.81. The molecule has 1 aliphatic heterocycles. The SMILES string of the molecule is NC1=NCCN1C(=O)Nc1c(Cl)cc(Cl)cc1Cl. The number of nitrogens with two attached hydrogens (primary N) is 1. The molecule has 2 amide bonds. The van der Waals surface area contributed by atoms with E-state index in [0.717, 1.165) is 0 Å². The Kier molecular flexibility index (Phi) is 3.85. The van der Waals surface area contributed by atoms with Crippen LogP contribution in [-0.2, 0) is 0 Å². The molecule has 1 aromatic carbocycles. The fourth-order valence-corrected chi connectivity index (χ4v) is 2.42. The van der Waals surface area contributed by atoms with Gasteiger partial charge in [0.25, 0.3) is 0 Å². The van der Waals surface area contributed by atoms with Gasteiger partial charge in [0.15, 0.2) is 5.96 Å². The van der Waals surface area contributed by atoms with E-state index in [1.165, 1.54) is 17.0 Å². The van der Waals surface area contributed by atoms with E-state index in [1.54, 1.807) is 0 Å². The molecule has 8 heteroatoms. The summed E-state index contributed by atoms with van der Waals surface area (Å²) in [5, 5.41) is 3.49. The van der Waals surface area contributed by atoms with Crippen molar-refractivity contribution in [2.45, 2.75) is 0 Å².